The van der Waals surface area contributed by atoms with Crippen molar-refractivity contribution >= 4 is 17.3 Å². The Morgan fingerprint density at radius 2 is 2.35 bits per heavy atom. The van der Waals surface area contributed by atoms with E-state index in [4.69, 9.17) is 11.0 Å². The maximum Gasteiger partial charge on any atom is 0.310 e. The number of nitro groups is 1. The second kappa shape index (κ2) is 5.54. The summed E-state index contributed by atoms with van der Waals surface area (Å²) in [6.45, 7) is 1.31. The fourth-order valence-electron chi connectivity index (χ4n) is 2.29. The van der Waals surface area contributed by atoms with Gasteiger partial charge in [0.15, 0.2) is 0 Å². The molecule has 1 aliphatic heterocycles. The highest BCUT2D eigenvalue weighted by atomic mass is 16.6. The molecule has 1 unspecified atom stereocenters. The molecule has 20 heavy (non-hydrogen) atoms. The fourth-order valence-corrected chi connectivity index (χ4v) is 2.29. The second-order valence-electron chi connectivity index (χ2n) is 4.36. The molecule has 3 N–H and O–H groups in total. The number of nitrogens with one attached hydrogen (secondary N) is 1. The third-order valence-corrected chi connectivity index (χ3v) is 3.20. The lowest BCUT2D eigenvalue weighted by molar-refractivity contribution is -0.384. The largest absolute Gasteiger partial charge is 0.368 e. The molecule has 1 aliphatic rings. The van der Waals surface area contributed by atoms with Crippen LogP contribution in [0.25, 0.3) is 0 Å². The predicted molar refractivity (Wildman–Crippen MR) is 71.0 cm³/mol. The monoisotopic (exact) mass is 275 g/mol. The van der Waals surface area contributed by atoms with Crippen molar-refractivity contribution in [2.45, 2.75) is 6.04 Å². The van der Waals surface area contributed by atoms with Gasteiger partial charge in [0.25, 0.3) is 0 Å². The molecule has 1 atom stereocenters. The van der Waals surface area contributed by atoms with Gasteiger partial charge in [-0.3, -0.25) is 14.9 Å². The van der Waals surface area contributed by atoms with E-state index in [-0.39, 0.29) is 16.9 Å². The van der Waals surface area contributed by atoms with Crippen LogP contribution >= 0.6 is 0 Å². The molecule has 8 nitrogen and oxygen atoms in total. The van der Waals surface area contributed by atoms with Crippen LogP contribution in [0.15, 0.2) is 18.2 Å². The highest BCUT2D eigenvalue weighted by Crippen LogP contribution is 2.32. The molecular weight excluding hydrogens is 262 g/mol. The summed E-state index contributed by atoms with van der Waals surface area (Å²) >= 11 is 0. The number of para-hydroxylation sites is 1. The number of hydrogen-bond donors (Lipinski definition) is 2. The molecule has 0 saturated carbocycles. The minimum absolute atomic E-state index is 0.0331. The van der Waals surface area contributed by atoms with Gasteiger partial charge >= 0.3 is 5.69 Å². The average molecular weight is 275 g/mol. The number of nitrogens with two attached hydrogens (primary N) is 1. The Morgan fingerprint density at radius 3 is 2.95 bits per heavy atom. The number of nitriles is 1. The van der Waals surface area contributed by atoms with Gasteiger partial charge in [0.2, 0.25) is 5.91 Å². The predicted octanol–water partition coefficient (Wildman–Crippen LogP) is -0.270. The third-order valence-electron chi connectivity index (χ3n) is 3.20. The van der Waals surface area contributed by atoms with E-state index in [0.717, 1.165) is 0 Å². The Kier molecular flexibility index (Phi) is 3.81. The van der Waals surface area contributed by atoms with Gasteiger partial charge in [-0.1, -0.05) is 6.07 Å². The number of rotatable bonds is 3. The van der Waals surface area contributed by atoms with Crippen LogP contribution in [0.5, 0.6) is 0 Å². The maximum atomic E-state index is 11.5. The van der Waals surface area contributed by atoms with Crippen LogP contribution in [0.2, 0.25) is 0 Å². The number of carbonyl (C=O) groups excluding carboxylic acids is 1. The van der Waals surface area contributed by atoms with Crippen molar-refractivity contribution in [3.05, 3.63) is 33.9 Å². The van der Waals surface area contributed by atoms with E-state index in [1.165, 1.54) is 12.1 Å². The van der Waals surface area contributed by atoms with E-state index in [1.54, 1.807) is 17.0 Å². The number of nitro benzene ring substituents is 1. The Labute approximate surface area is 114 Å². The van der Waals surface area contributed by atoms with Crippen molar-refractivity contribution in [3.63, 3.8) is 0 Å². The molecule has 1 saturated heterocycles. The zero-order valence-corrected chi connectivity index (χ0v) is 10.6. The summed E-state index contributed by atoms with van der Waals surface area (Å²) in [5.74, 6) is -0.561. The third kappa shape index (κ3) is 2.39. The Bertz CT molecular complexity index is 595. The highest BCUT2D eigenvalue weighted by molar-refractivity contribution is 5.86. The number of benzene rings is 1. The second-order valence-corrected chi connectivity index (χ2v) is 4.36. The normalized spacial score (nSPS) is 18.4. The highest BCUT2D eigenvalue weighted by Gasteiger charge is 2.32. The summed E-state index contributed by atoms with van der Waals surface area (Å²) in [7, 11) is 0. The van der Waals surface area contributed by atoms with E-state index in [1.807, 2.05) is 0 Å². The molecule has 0 radical (unpaired) electrons. The fraction of sp³-hybridized carbons (Fsp3) is 0.333. The lowest BCUT2D eigenvalue weighted by atomic mass is 10.1. The number of primary amides is 1. The first kappa shape index (κ1) is 13.8. The van der Waals surface area contributed by atoms with Crippen molar-refractivity contribution in [1.82, 2.24) is 5.32 Å². The minimum atomic E-state index is -0.670. The summed E-state index contributed by atoms with van der Waals surface area (Å²) in [5.41, 5.74) is 5.26. The van der Waals surface area contributed by atoms with E-state index in [2.05, 4.69) is 5.32 Å². The van der Waals surface area contributed by atoms with Crippen LogP contribution in [0, 0.1) is 21.4 Å². The van der Waals surface area contributed by atoms with E-state index >= 15 is 0 Å². The summed E-state index contributed by atoms with van der Waals surface area (Å²) < 4.78 is 0. The van der Waals surface area contributed by atoms with E-state index in [9.17, 15) is 14.9 Å². The minimum Gasteiger partial charge on any atom is -0.368 e. The number of piperazine rings is 1. The van der Waals surface area contributed by atoms with Crippen LogP contribution in [0.4, 0.5) is 11.4 Å². The quantitative estimate of drug-likeness (QED) is 0.577. The van der Waals surface area contributed by atoms with Crippen LogP contribution in [0.1, 0.15) is 5.56 Å². The molecule has 0 spiro atoms. The van der Waals surface area contributed by atoms with Crippen molar-refractivity contribution in [2.75, 3.05) is 24.5 Å². The zero-order chi connectivity index (χ0) is 14.7. The lowest BCUT2D eigenvalue weighted by Crippen LogP contribution is -2.57. The van der Waals surface area contributed by atoms with Gasteiger partial charge in [-0.05, 0) is 12.1 Å². The van der Waals surface area contributed by atoms with Crippen LogP contribution in [-0.2, 0) is 4.79 Å². The van der Waals surface area contributed by atoms with Crippen LogP contribution in [-0.4, -0.2) is 36.5 Å². The topological polar surface area (TPSA) is 125 Å². The number of amides is 1. The lowest BCUT2D eigenvalue weighted by Gasteiger charge is -2.35. The Hall–Kier alpha value is -2.66. The SMILES string of the molecule is N#Cc1cccc(N2CCNCC2C(N)=O)c1[N+](=O)[O-]. The Balaban J connectivity index is 2.53. The molecule has 2 rings (SSSR count). The molecular formula is C12H13N5O3. The Morgan fingerprint density at radius 1 is 1.60 bits per heavy atom. The zero-order valence-electron chi connectivity index (χ0n) is 10.6. The molecule has 8 heteroatoms. The molecule has 1 fully saturated rings. The molecule has 0 bridgehead atoms. The van der Waals surface area contributed by atoms with Crippen molar-refractivity contribution in [2.24, 2.45) is 5.73 Å². The molecule has 104 valence electrons. The molecule has 1 heterocycles. The van der Waals surface area contributed by atoms with Gasteiger partial charge < -0.3 is 16.0 Å². The number of hydrogen-bond acceptors (Lipinski definition) is 6. The van der Waals surface area contributed by atoms with E-state index < -0.39 is 16.9 Å². The van der Waals surface area contributed by atoms with Gasteiger partial charge in [-0.25, -0.2) is 0 Å². The van der Waals surface area contributed by atoms with Gasteiger partial charge in [0.1, 0.15) is 23.4 Å². The molecule has 0 aliphatic carbocycles. The van der Waals surface area contributed by atoms with Gasteiger partial charge in [-0.15, -0.1) is 0 Å². The molecule has 0 aromatic heterocycles. The van der Waals surface area contributed by atoms with E-state index in [0.29, 0.717) is 19.6 Å². The molecule has 1 amide bonds. The molecule has 1 aromatic rings. The standard InChI is InChI=1S/C12H13N5O3/c13-6-8-2-1-3-9(11(8)17(19)20)16-5-4-15-7-10(16)12(14)18/h1-3,10,15H,4-5,7H2,(H2,14,18). The maximum absolute atomic E-state index is 11.5. The first-order valence-electron chi connectivity index (χ1n) is 6.00. The summed E-state index contributed by atoms with van der Waals surface area (Å²) in [4.78, 5) is 23.7. The number of carbonyl (C=O) groups is 1. The first-order valence-corrected chi connectivity index (χ1v) is 6.00. The van der Waals surface area contributed by atoms with Gasteiger partial charge in [-0.2, -0.15) is 5.26 Å². The van der Waals surface area contributed by atoms with Crippen molar-refractivity contribution < 1.29 is 9.72 Å². The summed E-state index contributed by atoms with van der Waals surface area (Å²) in [6.07, 6.45) is 0. The van der Waals surface area contributed by atoms with Crippen LogP contribution < -0.4 is 16.0 Å². The smallest absolute Gasteiger partial charge is 0.310 e. The average Bonchev–Trinajstić information content (AvgIpc) is 2.46. The van der Waals surface area contributed by atoms with Crippen molar-refractivity contribution in [1.29, 1.82) is 5.26 Å². The summed E-state index contributed by atoms with van der Waals surface area (Å²) in [5, 5.41) is 23.2. The number of anilines is 1. The number of nitrogens with zero attached hydrogens (tertiary/aromatic N) is 3. The van der Waals surface area contributed by atoms with Gasteiger partial charge in [0.05, 0.1) is 4.92 Å². The molecule has 1 aromatic carbocycles. The van der Waals surface area contributed by atoms with Gasteiger partial charge in [0, 0.05) is 19.6 Å². The van der Waals surface area contributed by atoms with Crippen molar-refractivity contribution in [3.8, 4) is 6.07 Å². The summed E-state index contributed by atoms with van der Waals surface area (Å²) in [6, 6.07) is 5.59. The van der Waals surface area contributed by atoms with Crippen LogP contribution in [0.3, 0.4) is 0 Å². The first-order chi connectivity index (χ1) is 9.56.